The summed E-state index contributed by atoms with van der Waals surface area (Å²) >= 11 is 1.08. The SMILES string of the molecule is CC(C)(C)OC(=O)CSc1nc2ccccc2c(=O)n1N. The van der Waals surface area contributed by atoms with Crippen molar-refractivity contribution in [1.29, 1.82) is 0 Å². The average Bonchev–Trinajstić information content (AvgIpc) is 2.39. The number of hydrogen-bond acceptors (Lipinski definition) is 6. The number of thioether (sulfide) groups is 1. The Bertz CT molecular complexity index is 734. The molecule has 1 aromatic carbocycles. The van der Waals surface area contributed by atoms with Gasteiger partial charge >= 0.3 is 5.97 Å². The lowest BCUT2D eigenvalue weighted by Crippen LogP contribution is -2.30. The number of para-hydroxylation sites is 1. The third-order valence-electron chi connectivity index (χ3n) is 2.51. The molecule has 7 heteroatoms. The molecule has 2 aromatic rings. The van der Waals surface area contributed by atoms with Gasteiger partial charge in [-0.05, 0) is 32.9 Å². The van der Waals surface area contributed by atoms with E-state index in [0.29, 0.717) is 10.9 Å². The summed E-state index contributed by atoms with van der Waals surface area (Å²) in [4.78, 5) is 28.1. The van der Waals surface area contributed by atoms with Gasteiger partial charge in [0.2, 0.25) is 0 Å². The quantitative estimate of drug-likeness (QED) is 0.400. The summed E-state index contributed by atoms with van der Waals surface area (Å²) in [5, 5.41) is 0.728. The Labute approximate surface area is 126 Å². The predicted octanol–water partition coefficient (Wildman–Crippen LogP) is 1.54. The Kier molecular flexibility index (Phi) is 4.22. The lowest BCUT2D eigenvalue weighted by Gasteiger charge is -2.19. The van der Waals surface area contributed by atoms with Gasteiger partial charge in [0.15, 0.2) is 5.16 Å². The zero-order valence-corrected chi connectivity index (χ0v) is 12.9. The maximum atomic E-state index is 12.1. The number of hydrogen-bond donors (Lipinski definition) is 1. The number of carbonyl (C=O) groups is 1. The Morgan fingerprint density at radius 3 is 2.71 bits per heavy atom. The number of carbonyl (C=O) groups excluding carboxylic acids is 1. The van der Waals surface area contributed by atoms with Gasteiger partial charge in [-0.3, -0.25) is 9.59 Å². The van der Waals surface area contributed by atoms with Crippen molar-refractivity contribution in [2.75, 3.05) is 11.6 Å². The Morgan fingerprint density at radius 1 is 1.38 bits per heavy atom. The molecule has 0 unspecified atom stereocenters. The molecule has 2 N–H and O–H groups in total. The molecule has 0 fully saturated rings. The number of nitrogens with two attached hydrogens (primary N) is 1. The number of aromatic nitrogens is 2. The molecule has 2 rings (SSSR count). The maximum Gasteiger partial charge on any atom is 0.316 e. The second-order valence-corrected chi connectivity index (χ2v) is 6.40. The highest BCUT2D eigenvalue weighted by Crippen LogP contribution is 2.17. The van der Waals surface area contributed by atoms with E-state index in [0.717, 1.165) is 16.4 Å². The van der Waals surface area contributed by atoms with E-state index in [2.05, 4.69) is 4.98 Å². The largest absolute Gasteiger partial charge is 0.459 e. The minimum Gasteiger partial charge on any atom is -0.459 e. The molecule has 1 heterocycles. The number of ether oxygens (including phenoxy) is 1. The van der Waals surface area contributed by atoms with Gasteiger partial charge < -0.3 is 10.6 Å². The highest BCUT2D eigenvalue weighted by atomic mass is 32.2. The zero-order valence-electron chi connectivity index (χ0n) is 12.1. The molecule has 1 aromatic heterocycles. The van der Waals surface area contributed by atoms with Crippen LogP contribution in [0.1, 0.15) is 20.8 Å². The van der Waals surface area contributed by atoms with Crippen molar-refractivity contribution in [2.24, 2.45) is 0 Å². The molecule has 0 atom stereocenters. The molecule has 0 spiro atoms. The van der Waals surface area contributed by atoms with Crippen molar-refractivity contribution in [3.8, 4) is 0 Å². The Hall–Kier alpha value is -2.02. The number of benzene rings is 1. The van der Waals surface area contributed by atoms with Crippen LogP contribution in [0.2, 0.25) is 0 Å². The maximum absolute atomic E-state index is 12.1. The van der Waals surface area contributed by atoms with Crippen molar-refractivity contribution < 1.29 is 9.53 Å². The van der Waals surface area contributed by atoms with Gasteiger partial charge in [0.05, 0.1) is 16.7 Å². The van der Waals surface area contributed by atoms with Gasteiger partial charge in [0.25, 0.3) is 5.56 Å². The summed E-state index contributed by atoms with van der Waals surface area (Å²) in [6.07, 6.45) is 0. The van der Waals surface area contributed by atoms with Crippen LogP contribution >= 0.6 is 11.8 Å². The van der Waals surface area contributed by atoms with Gasteiger partial charge in [-0.25, -0.2) is 9.66 Å². The van der Waals surface area contributed by atoms with Gasteiger partial charge in [0.1, 0.15) is 5.60 Å². The predicted molar refractivity (Wildman–Crippen MR) is 82.7 cm³/mol. The van der Waals surface area contributed by atoms with E-state index in [1.165, 1.54) is 0 Å². The minimum absolute atomic E-state index is 0.0409. The van der Waals surface area contributed by atoms with E-state index in [1.807, 2.05) is 0 Å². The summed E-state index contributed by atoms with van der Waals surface area (Å²) in [6.45, 7) is 5.38. The van der Waals surface area contributed by atoms with Crippen molar-refractivity contribution in [3.05, 3.63) is 34.6 Å². The van der Waals surface area contributed by atoms with Gasteiger partial charge in [0, 0.05) is 0 Å². The van der Waals surface area contributed by atoms with Crippen LogP contribution in [0.25, 0.3) is 10.9 Å². The third-order valence-corrected chi connectivity index (χ3v) is 3.44. The molecular weight excluding hydrogens is 290 g/mol. The molecular formula is C14H17N3O3S. The fourth-order valence-electron chi connectivity index (χ4n) is 1.72. The lowest BCUT2D eigenvalue weighted by molar-refractivity contribution is -0.151. The van der Waals surface area contributed by atoms with Crippen LogP contribution in [-0.4, -0.2) is 27.0 Å². The number of fused-ring (bicyclic) bond motifs is 1. The summed E-state index contributed by atoms with van der Waals surface area (Å²) < 4.78 is 6.16. The molecule has 112 valence electrons. The minimum atomic E-state index is -0.545. The van der Waals surface area contributed by atoms with E-state index >= 15 is 0 Å². The molecule has 0 aliphatic heterocycles. The van der Waals surface area contributed by atoms with Crippen molar-refractivity contribution in [1.82, 2.24) is 9.66 Å². The lowest BCUT2D eigenvalue weighted by atomic mass is 10.2. The summed E-state index contributed by atoms with van der Waals surface area (Å²) in [6, 6.07) is 6.93. The smallest absolute Gasteiger partial charge is 0.316 e. The number of nitrogens with zero attached hydrogens (tertiary/aromatic N) is 2. The van der Waals surface area contributed by atoms with Crippen LogP contribution < -0.4 is 11.4 Å². The highest BCUT2D eigenvalue weighted by molar-refractivity contribution is 7.99. The average molecular weight is 307 g/mol. The summed E-state index contributed by atoms with van der Waals surface area (Å²) in [5.74, 6) is 5.39. The molecule has 0 saturated heterocycles. The van der Waals surface area contributed by atoms with Crippen LogP contribution in [0, 0.1) is 0 Å². The first-order valence-corrected chi connectivity index (χ1v) is 7.38. The van der Waals surface area contributed by atoms with Crippen molar-refractivity contribution in [2.45, 2.75) is 31.5 Å². The van der Waals surface area contributed by atoms with Crippen LogP contribution in [-0.2, 0) is 9.53 Å². The number of esters is 1. The van der Waals surface area contributed by atoms with Crippen LogP contribution in [0.5, 0.6) is 0 Å². The standard InChI is InChI=1S/C14H17N3O3S/c1-14(2,3)20-11(18)8-21-13-16-10-7-5-4-6-9(10)12(19)17(13)15/h4-7H,8,15H2,1-3H3. The van der Waals surface area contributed by atoms with Gasteiger partial charge in [-0.1, -0.05) is 23.9 Å². The second-order valence-electron chi connectivity index (χ2n) is 5.46. The van der Waals surface area contributed by atoms with E-state index < -0.39 is 5.60 Å². The second kappa shape index (κ2) is 5.77. The van der Waals surface area contributed by atoms with E-state index in [-0.39, 0.29) is 22.4 Å². The first kappa shape index (κ1) is 15.4. The molecule has 0 bridgehead atoms. The number of rotatable bonds is 3. The van der Waals surface area contributed by atoms with Crippen LogP contribution in [0.15, 0.2) is 34.2 Å². The van der Waals surface area contributed by atoms with Crippen molar-refractivity contribution in [3.63, 3.8) is 0 Å². The molecule has 0 aliphatic carbocycles. The van der Waals surface area contributed by atoms with Gasteiger partial charge in [-0.15, -0.1) is 0 Å². The monoisotopic (exact) mass is 307 g/mol. The first-order valence-electron chi connectivity index (χ1n) is 6.39. The van der Waals surface area contributed by atoms with Crippen LogP contribution in [0.3, 0.4) is 0 Å². The summed E-state index contributed by atoms with van der Waals surface area (Å²) in [5.41, 5.74) is -0.334. The van der Waals surface area contributed by atoms with E-state index in [9.17, 15) is 9.59 Å². The van der Waals surface area contributed by atoms with Crippen LogP contribution in [0.4, 0.5) is 0 Å². The molecule has 0 aliphatic rings. The molecule has 0 amide bonds. The van der Waals surface area contributed by atoms with Crippen molar-refractivity contribution >= 4 is 28.6 Å². The topological polar surface area (TPSA) is 87.2 Å². The third kappa shape index (κ3) is 3.75. The summed E-state index contributed by atoms with van der Waals surface area (Å²) in [7, 11) is 0. The molecule has 0 radical (unpaired) electrons. The normalized spacial score (nSPS) is 11.6. The fraction of sp³-hybridized carbons (Fsp3) is 0.357. The molecule has 6 nitrogen and oxygen atoms in total. The molecule has 0 saturated carbocycles. The number of nitrogen functional groups attached to an aromatic ring is 1. The van der Waals surface area contributed by atoms with E-state index in [4.69, 9.17) is 10.6 Å². The van der Waals surface area contributed by atoms with E-state index in [1.54, 1.807) is 45.0 Å². The van der Waals surface area contributed by atoms with Gasteiger partial charge in [-0.2, -0.15) is 0 Å². The highest BCUT2D eigenvalue weighted by Gasteiger charge is 2.17. The first-order chi connectivity index (χ1) is 9.78. The molecule has 21 heavy (non-hydrogen) atoms. The Balaban J connectivity index is 2.21. The fourth-order valence-corrected chi connectivity index (χ4v) is 2.41. The Morgan fingerprint density at radius 2 is 2.05 bits per heavy atom. The zero-order chi connectivity index (χ0) is 15.6.